The molecule has 1 saturated heterocycles. The summed E-state index contributed by atoms with van der Waals surface area (Å²) in [4.78, 5) is 40.0. The summed E-state index contributed by atoms with van der Waals surface area (Å²) < 4.78 is 1.68. The average molecular weight is 382 g/mol. The minimum absolute atomic E-state index is 0.0302. The van der Waals surface area contributed by atoms with E-state index in [1.165, 1.54) is 5.56 Å². The highest BCUT2D eigenvalue weighted by Crippen LogP contribution is 2.10. The Bertz CT molecular complexity index is 823. The summed E-state index contributed by atoms with van der Waals surface area (Å²) in [7, 11) is 0. The number of nitrogens with zero attached hydrogens (tertiary/aromatic N) is 3. The summed E-state index contributed by atoms with van der Waals surface area (Å²) in [6.45, 7) is 4.30. The van der Waals surface area contributed by atoms with Gasteiger partial charge in [0.15, 0.2) is 0 Å². The van der Waals surface area contributed by atoms with Crippen molar-refractivity contribution in [3.05, 3.63) is 59.9 Å². The first kappa shape index (κ1) is 19.7. The molecule has 2 aromatic rings. The third-order valence-electron chi connectivity index (χ3n) is 4.95. The van der Waals surface area contributed by atoms with Crippen molar-refractivity contribution in [1.82, 2.24) is 19.7 Å². The second-order valence-electron chi connectivity index (χ2n) is 6.91. The highest BCUT2D eigenvalue weighted by atomic mass is 16.2. The minimum atomic E-state index is -0.123. The van der Waals surface area contributed by atoms with Crippen LogP contribution in [0.25, 0.3) is 0 Å². The number of nitrogens with one attached hydrogen (secondary N) is 1. The standard InChI is InChI=1S/C21H26N4O3/c1-17(26)23-12-14-24(15-13-23)21(28)19-8-5-11-25(19)16-20(27)22-10-9-18-6-3-2-4-7-18/h2-8,11H,9-10,12-16H2,1H3,(H,22,27). The monoisotopic (exact) mass is 382 g/mol. The molecule has 2 heterocycles. The molecule has 28 heavy (non-hydrogen) atoms. The van der Waals surface area contributed by atoms with Gasteiger partial charge in [0.1, 0.15) is 12.2 Å². The van der Waals surface area contributed by atoms with Crippen molar-refractivity contribution in [2.75, 3.05) is 32.7 Å². The lowest BCUT2D eigenvalue weighted by atomic mass is 10.1. The van der Waals surface area contributed by atoms with Crippen molar-refractivity contribution in [1.29, 1.82) is 0 Å². The summed E-state index contributed by atoms with van der Waals surface area (Å²) >= 11 is 0. The van der Waals surface area contributed by atoms with Crippen LogP contribution in [0, 0.1) is 0 Å². The SMILES string of the molecule is CC(=O)N1CCN(C(=O)c2cccn2CC(=O)NCCc2ccccc2)CC1. The fourth-order valence-corrected chi connectivity index (χ4v) is 3.33. The van der Waals surface area contributed by atoms with E-state index in [4.69, 9.17) is 0 Å². The number of piperazine rings is 1. The zero-order valence-electron chi connectivity index (χ0n) is 16.1. The van der Waals surface area contributed by atoms with Gasteiger partial charge in [0, 0.05) is 45.8 Å². The maximum atomic E-state index is 12.8. The van der Waals surface area contributed by atoms with Crippen molar-refractivity contribution < 1.29 is 14.4 Å². The van der Waals surface area contributed by atoms with E-state index in [0.717, 1.165) is 6.42 Å². The molecule has 0 bridgehead atoms. The van der Waals surface area contributed by atoms with Crippen LogP contribution < -0.4 is 5.32 Å². The van der Waals surface area contributed by atoms with E-state index in [0.29, 0.717) is 38.4 Å². The average Bonchev–Trinajstić information content (AvgIpc) is 3.16. The quantitative estimate of drug-likeness (QED) is 0.815. The van der Waals surface area contributed by atoms with Crippen LogP contribution in [-0.2, 0) is 22.6 Å². The van der Waals surface area contributed by atoms with Gasteiger partial charge in [-0.25, -0.2) is 0 Å². The molecule has 1 aliphatic rings. The number of aromatic nitrogens is 1. The largest absolute Gasteiger partial charge is 0.354 e. The first-order valence-corrected chi connectivity index (χ1v) is 9.55. The summed E-state index contributed by atoms with van der Waals surface area (Å²) in [5, 5.41) is 2.90. The fourth-order valence-electron chi connectivity index (χ4n) is 3.33. The van der Waals surface area contributed by atoms with Crippen molar-refractivity contribution in [3.8, 4) is 0 Å². The highest BCUT2D eigenvalue weighted by Gasteiger charge is 2.25. The van der Waals surface area contributed by atoms with Crippen molar-refractivity contribution >= 4 is 17.7 Å². The molecule has 1 aliphatic heterocycles. The molecule has 0 aliphatic carbocycles. The highest BCUT2D eigenvalue weighted by molar-refractivity contribution is 5.93. The molecule has 0 radical (unpaired) electrons. The van der Waals surface area contributed by atoms with Crippen LogP contribution in [-0.4, -0.2) is 64.8 Å². The van der Waals surface area contributed by atoms with E-state index in [-0.39, 0.29) is 24.3 Å². The van der Waals surface area contributed by atoms with Crippen molar-refractivity contribution in [2.45, 2.75) is 19.9 Å². The van der Waals surface area contributed by atoms with Crippen molar-refractivity contribution in [3.63, 3.8) is 0 Å². The molecule has 1 aromatic carbocycles. The Hall–Kier alpha value is -3.09. The molecule has 0 unspecified atom stereocenters. The molecule has 0 spiro atoms. The smallest absolute Gasteiger partial charge is 0.270 e. The molecule has 3 rings (SSSR count). The van der Waals surface area contributed by atoms with Crippen LogP contribution in [0.15, 0.2) is 48.7 Å². The topological polar surface area (TPSA) is 74.7 Å². The molecular formula is C21H26N4O3. The normalized spacial score (nSPS) is 14.0. The minimum Gasteiger partial charge on any atom is -0.354 e. The third-order valence-corrected chi connectivity index (χ3v) is 4.95. The lowest BCUT2D eigenvalue weighted by Gasteiger charge is -2.34. The van der Waals surface area contributed by atoms with Gasteiger partial charge in [-0.1, -0.05) is 30.3 Å². The predicted molar refractivity (Wildman–Crippen MR) is 106 cm³/mol. The second-order valence-corrected chi connectivity index (χ2v) is 6.91. The van der Waals surface area contributed by atoms with Gasteiger partial charge in [0.2, 0.25) is 11.8 Å². The van der Waals surface area contributed by atoms with E-state index in [1.54, 1.807) is 39.6 Å². The Kier molecular flexibility index (Phi) is 6.47. The van der Waals surface area contributed by atoms with Gasteiger partial charge in [-0.15, -0.1) is 0 Å². The van der Waals surface area contributed by atoms with E-state index >= 15 is 0 Å². The van der Waals surface area contributed by atoms with E-state index in [9.17, 15) is 14.4 Å². The summed E-state index contributed by atoms with van der Waals surface area (Å²) in [5.41, 5.74) is 1.67. The number of hydrogen-bond acceptors (Lipinski definition) is 3. The van der Waals surface area contributed by atoms with Crippen molar-refractivity contribution in [2.24, 2.45) is 0 Å². The van der Waals surface area contributed by atoms with Gasteiger partial charge >= 0.3 is 0 Å². The Morgan fingerprint density at radius 3 is 2.29 bits per heavy atom. The van der Waals surface area contributed by atoms with E-state index in [2.05, 4.69) is 5.32 Å². The van der Waals surface area contributed by atoms with Gasteiger partial charge in [-0.2, -0.15) is 0 Å². The number of rotatable bonds is 6. The molecule has 7 heteroatoms. The van der Waals surface area contributed by atoms with Crippen LogP contribution in [0.2, 0.25) is 0 Å². The maximum absolute atomic E-state index is 12.8. The van der Waals surface area contributed by atoms with Gasteiger partial charge in [-0.05, 0) is 24.1 Å². The lowest BCUT2D eigenvalue weighted by molar-refractivity contribution is -0.130. The number of benzene rings is 1. The van der Waals surface area contributed by atoms with Gasteiger partial charge < -0.3 is 19.7 Å². The molecule has 1 fully saturated rings. The molecule has 148 valence electrons. The Morgan fingerprint density at radius 2 is 1.61 bits per heavy atom. The molecule has 7 nitrogen and oxygen atoms in total. The molecule has 0 saturated carbocycles. The first-order chi connectivity index (χ1) is 13.5. The van der Waals surface area contributed by atoms with Crippen LogP contribution in [0.4, 0.5) is 0 Å². The van der Waals surface area contributed by atoms with Gasteiger partial charge in [0.25, 0.3) is 5.91 Å². The zero-order valence-corrected chi connectivity index (χ0v) is 16.1. The van der Waals surface area contributed by atoms with Gasteiger partial charge in [0.05, 0.1) is 0 Å². The summed E-state index contributed by atoms with van der Waals surface area (Å²) in [5.74, 6) is -0.199. The number of amides is 3. The Balaban J connectivity index is 1.51. The molecular weight excluding hydrogens is 356 g/mol. The molecule has 3 amide bonds. The molecule has 1 N–H and O–H groups in total. The van der Waals surface area contributed by atoms with Crippen LogP contribution >= 0.6 is 0 Å². The van der Waals surface area contributed by atoms with E-state index < -0.39 is 0 Å². The third kappa shape index (κ3) is 5.00. The fraction of sp³-hybridized carbons (Fsp3) is 0.381. The first-order valence-electron chi connectivity index (χ1n) is 9.55. The number of hydrogen-bond donors (Lipinski definition) is 1. The number of carbonyl (C=O) groups is 3. The maximum Gasteiger partial charge on any atom is 0.270 e. The van der Waals surface area contributed by atoms with Crippen LogP contribution in [0.1, 0.15) is 23.0 Å². The van der Waals surface area contributed by atoms with Crippen LogP contribution in [0.5, 0.6) is 0 Å². The molecule has 1 aromatic heterocycles. The molecule has 0 atom stereocenters. The van der Waals surface area contributed by atoms with Crippen LogP contribution in [0.3, 0.4) is 0 Å². The van der Waals surface area contributed by atoms with E-state index in [1.807, 2.05) is 30.3 Å². The lowest BCUT2D eigenvalue weighted by Crippen LogP contribution is -2.50. The predicted octanol–water partition coefficient (Wildman–Crippen LogP) is 1.15. The summed E-state index contributed by atoms with van der Waals surface area (Å²) in [6.07, 6.45) is 2.51. The Morgan fingerprint density at radius 1 is 0.929 bits per heavy atom. The van der Waals surface area contributed by atoms with Gasteiger partial charge in [-0.3, -0.25) is 14.4 Å². The second kappa shape index (κ2) is 9.21. The Labute approximate surface area is 164 Å². The zero-order chi connectivity index (χ0) is 19.9. The summed E-state index contributed by atoms with van der Waals surface area (Å²) in [6, 6.07) is 13.5. The number of carbonyl (C=O) groups excluding carboxylic acids is 3.